The van der Waals surface area contributed by atoms with Crippen molar-refractivity contribution in [2.24, 2.45) is 11.1 Å². The average molecular weight is 212 g/mol. The molecule has 1 aliphatic carbocycles. The summed E-state index contributed by atoms with van der Waals surface area (Å²) in [5.41, 5.74) is 4.65. The Labute approximate surface area is 88.2 Å². The Hall–Kier alpha value is -1.10. The molecule has 3 N–H and O–H groups in total. The molecule has 1 aliphatic heterocycles. The van der Waals surface area contributed by atoms with E-state index in [0.29, 0.717) is 25.9 Å². The molecule has 1 heterocycles. The summed E-state index contributed by atoms with van der Waals surface area (Å²) in [7, 11) is 0. The zero-order valence-corrected chi connectivity index (χ0v) is 8.61. The van der Waals surface area contributed by atoms with Gasteiger partial charge in [0.25, 0.3) is 0 Å². The molecular formula is C10H16N2O3. The lowest BCUT2D eigenvalue weighted by Crippen LogP contribution is -2.47. The number of rotatable bonds is 2. The predicted octanol–water partition coefficient (Wildman–Crippen LogP) is -0.199. The molecular weight excluding hydrogens is 196 g/mol. The summed E-state index contributed by atoms with van der Waals surface area (Å²) in [5, 5.41) is 8.98. The molecule has 0 bridgehead atoms. The SMILES string of the molecule is NC1CCN(C(=O)C2(C(=O)O)CC2)CC1. The van der Waals surface area contributed by atoms with E-state index in [1.165, 1.54) is 0 Å². The number of carboxylic acid groups (broad SMARTS) is 1. The average Bonchev–Trinajstić information content (AvgIpc) is 2.98. The Balaban J connectivity index is 2.00. The number of likely N-dealkylation sites (tertiary alicyclic amines) is 1. The van der Waals surface area contributed by atoms with E-state index in [0.717, 1.165) is 12.8 Å². The lowest BCUT2D eigenvalue weighted by Gasteiger charge is -2.32. The minimum Gasteiger partial charge on any atom is -0.480 e. The maximum absolute atomic E-state index is 11.9. The summed E-state index contributed by atoms with van der Waals surface area (Å²) in [6, 6.07) is 0.161. The molecule has 84 valence electrons. The van der Waals surface area contributed by atoms with Crippen LogP contribution >= 0.6 is 0 Å². The molecule has 0 unspecified atom stereocenters. The third-order valence-electron chi connectivity index (χ3n) is 3.40. The van der Waals surface area contributed by atoms with Gasteiger partial charge in [-0.05, 0) is 25.7 Å². The number of aliphatic carboxylic acids is 1. The van der Waals surface area contributed by atoms with E-state index in [9.17, 15) is 9.59 Å². The van der Waals surface area contributed by atoms with Gasteiger partial charge in [0.05, 0.1) is 0 Å². The number of carboxylic acids is 1. The van der Waals surface area contributed by atoms with E-state index in [-0.39, 0.29) is 11.9 Å². The standard InChI is InChI=1S/C10H16N2O3/c11-7-1-5-12(6-2-7)8(13)10(3-4-10)9(14)15/h7H,1-6,11H2,(H,14,15). The molecule has 2 aliphatic rings. The van der Waals surface area contributed by atoms with Crippen molar-refractivity contribution in [1.29, 1.82) is 0 Å². The summed E-state index contributed by atoms with van der Waals surface area (Å²) in [6.07, 6.45) is 2.54. The summed E-state index contributed by atoms with van der Waals surface area (Å²) in [6.45, 7) is 1.21. The molecule has 0 atom stereocenters. The summed E-state index contributed by atoms with van der Waals surface area (Å²) in [5.74, 6) is -1.18. The van der Waals surface area contributed by atoms with Gasteiger partial charge in [0.15, 0.2) is 0 Å². The van der Waals surface area contributed by atoms with E-state index < -0.39 is 11.4 Å². The van der Waals surface area contributed by atoms with E-state index in [2.05, 4.69) is 0 Å². The first kappa shape index (κ1) is 10.4. The molecule has 1 amide bonds. The van der Waals surface area contributed by atoms with Gasteiger partial charge >= 0.3 is 5.97 Å². The van der Waals surface area contributed by atoms with Crippen LogP contribution in [0.2, 0.25) is 0 Å². The maximum Gasteiger partial charge on any atom is 0.319 e. The fourth-order valence-corrected chi connectivity index (χ4v) is 2.05. The van der Waals surface area contributed by atoms with Gasteiger partial charge in [0.2, 0.25) is 5.91 Å². The molecule has 1 saturated carbocycles. The number of carbonyl (C=O) groups excluding carboxylic acids is 1. The number of piperidine rings is 1. The highest BCUT2D eigenvalue weighted by Gasteiger charge is 2.58. The summed E-state index contributed by atoms with van der Waals surface area (Å²) in [4.78, 5) is 24.6. The first-order valence-corrected chi connectivity index (χ1v) is 5.34. The van der Waals surface area contributed by atoms with Crippen LogP contribution in [0.25, 0.3) is 0 Å². The minimum atomic E-state index is -1.08. The maximum atomic E-state index is 11.9. The highest BCUT2D eigenvalue weighted by Crippen LogP contribution is 2.47. The molecule has 0 radical (unpaired) electrons. The first-order chi connectivity index (χ1) is 7.06. The van der Waals surface area contributed by atoms with E-state index >= 15 is 0 Å². The normalized spacial score (nSPS) is 25.0. The molecule has 0 spiro atoms. The second-order valence-electron chi connectivity index (χ2n) is 4.52. The second-order valence-corrected chi connectivity index (χ2v) is 4.52. The molecule has 5 nitrogen and oxygen atoms in total. The van der Waals surface area contributed by atoms with Gasteiger partial charge in [0, 0.05) is 19.1 Å². The monoisotopic (exact) mass is 212 g/mol. The molecule has 2 rings (SSSR count). The van der Waals surface area contributed by atoms with Crippen LogP contribution in [-0.2, 0) is 9.59 Å². The van der Waals surface area contributed by atoms with Crippen LogP contribution in [0.15, 0.2) is 0 Å². The summed E-state index contributed by atoms with van der Waals surface area (Å²) >= 11 is 0. The Morgan fingerprint density at radius 1 is 1.27 bits per heavy atom. The largest absolute Gasteiger partial charge is 0.480 e. The van der Waals surface area contributed by atoms with Crippen LogP contribution in [0.5, 0.6) is 0 Å². The van der Waals surface area contributed by atoms with Crippen LogP contribution in [0, 0.1) is 5.41 Å². The fourth-order valence-electron chi connectivity index (χ4n) is 2.05. The number of nitrogens with zero attached hydrogens (tertiary/aromatic N) is 1. The van der Waals surface area contributed by atoms with Crippen LogP contribution < -0.4 is 5.73 Å². The van der Waals surface area contributed by atoms with Crippen molar-refractivity contribution in [2.45, 2.75) is 31.7 Å². The molecule has 0 aromatic heterocycles. The van der Waals surface area contributed by atoms with Gasteiger partial charge in [-0.15, -0.1) is 0 Å². The number of hydrogen-bond acceptors (Lipinski definition) is 3. The highest BCUT2D eigenvalue weighted by atomic mass is 16.4. The van der Waals surface area contributed by atoms with E-state index in [1.54, 1.807) is 4.90 Å². The zero-order chi connectivity index (χ0) is 11.1. The van der Waals surface area contributed by atoms with Crippen molar-refractivity contribution < 1.29 is 14.7 Å². The van der Waals surface area contributed by atoms with Crippen molar-refractivity contribution in [3.05, 3.63) is 0 Å². The molecule has 0 aromatic rings. The van der Waals surface area contributed by atoms with Crippen LogP contribution in [0.1, 0.15) is 25.7 Å². The van der Waals surface area contributed by atoms with Gasteiger partial charge in [-0.25, -0.2) is 0 Å². The van der Waals surface area contributed by atoms with Crippen LogP contribution in [0.3, 0.4) is 0 Å². The number of hydrogen-bond donors (Lipinski definition) is 2. The van der Waals surface area contributed by atoms with E-state index in [4.69, 9.17) is 10.8 Å². The van der Waals surface area contributed by atoms with Gasteiger partial charge in [-0.1, -0.05) is 0 Å². The second kappa shape index (κ2) is 3.48. The van der Waals surface area contributed by atoms with Crippen molar-refractivity contribution in [3.63, 3.8) is 0 Å². The Kier molecular flexibility index (Phi) is 2.42. The Morgan fingerprint density at radius 3 is 2.20 bits per heavy atom. The molecule has 2 fully saturated rings. The van der Waals surface area contributed by atoms with Gasteiger partial charge in [-0.2, -0.15) is 0 Å². The lowest BCUT2D eigenvalue weighted by atomic mass is 10.0. The topological polar surface area (TPSA) is 83.6 Å². The fraction of sp³-hybridized carbons (Fsp3) is 0.800. The molecule has 5 heteroatoms. The Bertz CT molecular complexity index is 291. The first-order valence-electron chi connectivity index (χ1n) is 5.34. The number of carbonyl (C=O) groups is 2. The predicted molar refractivity (Wildman–Crippen MR) is 53.1 cm³/mol. The molecule has 15 heavy (non-hydrogen) atoms. The van der Waals surface area contributed by atoms with Gasteiger partial charge in [0.1, 0.15) is 5.41 Å². The van der Waals surface area contributed by atoms with Crippen LogP contribution in [0.4, 0.5) is 0 Å². The zero-order valence-electron chi connectivity index (χ0n) is 8.61. The van der Waals surface area contributed by atoms with Crippen molar-refractivity contribution in [1.82, 2.24) is 4.90 Å². The lowest BCUT2D eigenvalue weighted by molar-refractivity contribution is -0.153. The van der Waals surface area contributed by atoms with Gasteiger partial charge in [-0.3, -0.25) is 9.59 Å². The van der Waals surface area contributed by atoms with Crippen molar-refractivity contribution >= 4 is 11.9 Å². The molecule has 0 aromatic carbocycles. The van der Waals surface area contributed by atoms with Crippen molar-refractivity contribution in [3.8, 4) is 0 Å². The number of nitrogens with two attached hydrogens (primary N) is 1. The van der Waals surface area contributed by atoms with Crippen molar-refractivity contribution in [2.75, 3.05) is 13.1 Å². The van der Waals surface area contributed by atoms with Crippen LogP contribution in [-0.4, -0.2) is 41.0 Å². The third-order valence-corrected chi connectivity index (χ3v) is 3.40. The smallest absolute Gasteiger partial charge is 0.319 e. The quantitative estimate of drug-likeness (QED) is 0.621. The minimum absolute atomic E-state index is 0.161. The van der Waals surface area contributed by atoms with Gasteiger partial charge < -0.3 is 15.7 Å². The highest BCUT2D eigenvalue weighted by molar-refractivity contribution is 6.04. The molecule has 1 saturated heterocycles. The Morgan fingerprint density at radius 2 is 1.80 bits per heavy atom. The summed E-state index contributed by atoms with van der Waals surface area (Å²) < 4.78 is 0. The number of amides is 1. The van der Waals surface area contributed by atoms with E-state index in [1.807, 2.05) is 0 Å². The third kappa shape index (κ3) is 1.71.